The van der Waals surface area contributed by atoms with E-state index < -0.39 is 24.0 Å². The Balaban J connectivity index is 2.07. The van der Waals surface area contributed by atoms with Gasteiger partial charge in [0.05, 0.1) is 7.11 Å². The smallest absolute Gasteiger partial charge is 0.328 e. The van der Waals surface area contributed by atoms with E-state index in [0.717, 1.165) is 6.08 Å². The molecule has 27 heavy (non-hydrogen) atoms. The molecule has 3 rings (SSSR count). The molecule has 0 spiro atoms. The molecule has 8 nitrogen and oxygen atoms in total. The van der Waals surface area contributed by atoms with Crippen LogP contribution in [0.25, 0.3) is 6.08 Å². The van der Waals surface area contributed by atoms with Crippen molar-refractivity contribution in [1.82, 2.24) is 0 Å². The highest BCUT2D eigenvalue weighted by atomic mass is 16.5. The number of benzene rings is 2. The SMILES string of the molecule is COc1cc(C2Oc3c(O)cc(C=CC(=O)O)cc3C2C(=O)O)ccc1O. The van der Waals surface area contributed by atoms with Crippen LogP contribution >= 0.6 is 0 Å². The molecule has 0 aromatic heterocycles. The average molecular weight is 372 g/mol. The van der Waals surface area contributed by atoms with Gasteiger partial charge in [0.25, 0.3) is 0 Å². The van der Waals surface area contributed by atoms with E-state index >= 15 is 0 Å². The number of phenols is 2. The third kappa shape index (κ3) is 3.37. The van der Waals surface area contributed by atoms with E-state index in [0.29, 0.717) is 11.1 Å². The Morgan fingerprint density at radius 2 is 1.85 bits per heavy atom. The summed E-state index contributed by atoms with van der Waals surface area (Å²) in [4.78, 5) is 22.6. The molecule has 0 bridgehead atoms. The zero-order valence-corrected chi connectivity index (χ0v) is 14.1. The van der Waals surface area contributed by atoms with Crippen molar-refractivity contribution >= 4 is 18.0 Å². The third-order valence-corrected chi connectivity index (χ3v) is 4.22. The lowest BCUT2D eigenvalue weighted by molar-refractivity contribution is -0.140. The Labute approximate surface area is 153 Å². The van der Waals surface area contributed by atoms with E-state index in [2.05, 4.69) is 0 Å². The summed E-state index contributed by atoms with van der Waals surface area (Å²) in [6.07, 6.45) is 1.17. The Morgan fingerprint density at radius 1 is 1.11 bits per heavy atom. The van der Waals surface area contributed by atoms with Gasteiger partial charge in [-0.15, -0.1) is 0 Å². The van der Waals surface area contributed by atoms with Gasteiger partial charge >= 0.3 is 11.9 Å². The van der Waals surface area contributed by atoms with Crippen LogP contribution in [0.3, 0.4) is 0 Å². The monoisotopic (exact) mass is 372 g/mol. The highest BCUT2D eigenvalue weighted by Crippen LogP contribution is 2.51. The molecular formula is C19H16O8. The summed E-state index contributed by atoms with van der Waals surface area (Å²) >= 11 is 0. The van der Waals surface area contributed by atoms with Crippen LogP contribution in [0.5, 0.6) is 23.0 Å². The summed E-state index contributed by atoms with van der Waals surface area (Å²) in [6.45, 7) is 0. The summed E-state index contributed by atoms with van der Waals surface area (Å²) in [7, 11) is 1.37. The average Bonchev–Trinajstić information content (AvgIpc) is 3.00. The van der Waals surface area contributed by atoms with Gasteiger partial charge in [0.15, 0.2) is 23.0 Å². The Hall–Kier alpha value is -3.68. The van der Waals surface area contributed by atoms with Gasteiger partial charge in [0, 0.05) is 11.6 Å². The van der Waals surface area contributed by atoms with Gasteiger partial charge in [-0.25, -0.2) is 4.79 Å². The van der Waals surface area contributed by atoms with E-state index in [1.807, 2.05) is 0 Å². The summed E-state index contributed by atoms with van der Waals surface area (Å²) in [5.41, 5.74) is 0.993. The van der Waals surface area contributed by atoms with Crippen molar-refractivity contribution in [3.8, 4) is 23.0 Å². The highest BCUT2D eigenvalue weighted by molar-refractivity contribution is 5.86. The number of phenolic OH excluding ortho intramolecular Hbond substituents is 2. The molecule has 0 fully saturated rings. The number of carboxylic acid groups (broad SMARTS) is 2. The number of carboxylic acids is 2. The summed E-state index contributed by atoms with van der Waals surface area (Å²) in [5, 5.41) is 38.4. The zero-order valence-electron chi connectivity index (χ0n) is 14.1. The molecule has 0 aliphatic carbocycles. The number of carbonyl (C=O) groups is 2. The lowest BCUT2D eigenvalue weighted by atomic mass is 9.90. The number of ether oxygens (including phenoxy) is 2. The number of aromatic hydroxyl groups is 2. The fraction of sp³-hybridized carbons (Fsp3) is 0.158. The van der Waals surface area contributed by atoms with Crippen molar-refractivity contribution in [1.29, 1.82) is 0 Å². The fourth-order valence-corrected chi connectivity index (χ4v) is 3.03. The summed E-state index contributed by atoms with van der Waals surface area (Å²) in [5.74, 6) is -3.71. The van der Waals surface area contributed by atoms with E-state index in [9.17, 15) is 24.9 Å². The molecule has 0 saturated heterocycles. The van der Waals surface area contributed by atoms with Gasteiger partial charge in [-0.3, -0.25) is 4.79 Å². The number of hydrogen-bond acceptors (Lipinski definition) is 6. The van der Waals surface area contributed by atoms with Gasteiger partial charge in [-0.2, -0.15) is 0 Å². The van der Waals surface area contributed by atoms with Crippen molar-refractivity contribution in [2.75, 3.05) is 7.11 Å². The maximum Gasteiger partial charge on any atom is 0.328 e. The van der Waals surface area contributed by atoms with Gasteiger partial charge < -0.3 is 29.9 Å². The van der Waals surface area contributed by atoms with Crippen LogP contribution in [-0.4, -0.2) is 39.5 Å². The second-order valence-electron chi connectivity index (χ2n) is 5.92. The molecule has 2 atom stereocenters. The first-order valence-electron chi connectivity index (χ1n) is 7.86. The predicted molar refractivity (Wildman–Crippen MR) is 93.2 cm³/mol. The maximum atomic E-state index is 11.9. The molecule has 1 aliphatic rings. The largest absolute Gasteiger partial charge is 0.504 e. The van der Waals surface area contributed by atoms with Crippen LogP contribution in [-0.2, 0) is 9.59 Å². The Morgan fingerprint density at radius 3 is 2.48 bits per heavy atom. The topological polar surface area (TPSA) is 134 Å². The second kappa shape index (κ2) is 6.91. The van der Waals surface area contributed by atoms with Crippen molar-refractivity contribution < 1.29 is 39.5 Å². The lowest BCUT2D eigenvalue weighted by Crippen LogP contribution is -2.18. The normalized spacial score (nSPS) is 18.1. The van der Waals surface area contributed by atoms with Crippen LogP contribution in [0, 0.1) is 0 Å². The van der Waals surface area contributed by atoms with Gasteiger partial charge in [0.2, 0.25) is 0 Å². The second-order valence-corrected chi connectivity index (χ2v) is 5.92. The fourth-order valence-electron chi connectivity index (χ4n) is 3.03. The molecule has 0 radical (unpaired) electrons. The molecule has 2 aromatic carbocycles. The molecule has 1 aliphatic heterocycles. The van der Waals surface area contributed by atoms with E-state index in [4.69, 9.17) is 14.6 Å². The van der Waals surface area contributed by atoms with Crippen LogP contribution in [0.4, 0.5) is 0 Å². The molecule has 140 valence electrons. The van der Waals surface area contributed by atoms with E-state index in [1.54, 1.807) is 0 Å². The minimum absolute atomic E-state index is 0.0203. The molecule has 0 amide bonds. The van der Waals surface area contributed by atoms with Crippen molar-refractivity contribution in [3.05, 3.63) is 53.1 Å². The third-order valence-electron chi connectivity index (χ3n) is 4.22. The molecule has 8 heteroatoms. The summed E-state index contributed by atoms with van der Waals surface area (Å²) in [6, 6.07) is 7.08. The number of methoxy groups -OCH3 is 1. The van der Waals surface area contributed by atoms with E-state index in [1.165, 1.54) is 43.5 Å². The number of fused-ring (bicyclic) bond motifs is 1. The lowest BCUT2D eigenvalue weighted by Gasteiger charge is -2.17. The molecule has 1 heterocycles. The number of aliphatic carboxylic acids is 2. The van der Waals surface area contributed by atoms with E-state index in [-0.39, 0.29) is 28.6 Å². The van der Waals surface area contributed by atoms with Crippen LogP contribution in [0.15, 0.2) is 36.4 Å². The quantitative estimate of drug-likeness (QED) is 0.588. The van der Waals surface area contributed by atoms with Crippen molar-refractivity contribution in [2.24, 2.45) is 0 Å². The minimum Gasteiger partial charge on any atom is -0.504 e. The van der Waals surface area contributed by atoms with Crippen molar-refractivity contribution in [3.63, 3.8) is 0 Å². The Kier molecular flexibility index (Phi) is 4.64. The number of rotatable bonds is 5. The standard InChI is InChI=1S/C19H16O8/c1-26-14-8-10(3-4-12(14)20)17-16(19(24)25)11-6-9(2-5-15(22)23)7-13(21)18(11)27-17/h2-8,16-17,20-21H,1H3,(H,22,23)(H,24,25). The first kappa shape index (κ1) is 18.1. The molecule has 2 unspecified atom stereocenters. The number of hydrogen-bond donors (Lipinski definition) is 4. The Bertz CT molecular complexity index is 947. The van der Waals surface area contributed by atoms with Crippen LogP contribution in [0.2, 0.25) is 0 Å². The highest BCUT2D eigenvalue weighted by Gasteiger charge is 2.42. The minimum atomic E-state index is -1.18. The molecular weight excluding hydrogens is 356 g/mol. The first-order valence-corrected chi connectivity index (χ1v) is 7.86. The molecule has 2 aromatic rings. The maximum absolute atomic E-state index is 11.9. The van der Waals surface area contributed by atoms with Gasteiger partial charge in [-0.05, 0) is 41.5 Å². The summed E-state index contributed by atoms with van der Waals surface area (Å²) < 4.78 is 10.8. The predicted octanol–water partition coefficient (Wildman–Crippen LogP) is 2.51. The molecule has 0 saturated carbocycles. The first-order chi connectivity index (χ1) is 12.8. The zero-order chi connectivity index (χ0) is 19.7. The van der Waals surface area contributed by atoms with Gasteiger partial charge in [-0.1, -0.05) is 6.07 Å². The van der Waals surface area contributed by atoms with Gasteiger partial charge in [0.1, 0.15) is 12.0 Å². The van der Waals surface area contributed by atoms with Crippen LogP contribution in [0.1, 0.15) is 28.7 Å². The van der Waals surface area contributed by atoms with Crippen molar-refractivity contribution in [2.45, 2.75) is 12.0 Å². The van der Waals surface area contributed by atoms with Crippen LogP contribution < -0.4 is 9.47 Å². The molecule has 4 N–H and O–H groups in total.